The van der Waals surface area contributed by atoms with E-state index in [2.05, 4.69) is 5.10 Å². The normalized spacial score (nSPS) is 11.8. The van der Waals surface area contributed by atoms with Crippen LogP contribution < -0.4 is 10.3 Å². The van der Waals surface area contributed by atoms with E-state index in [-0.39, 0.29) is 12.1 Å². The van der Waals surface area contributed by atoms with E-state index in [1.165, 1.54) is 25.0 Å². The van der Waals surface area contributed by atoms with Crippen molar-refractivity contribution in [2.45, 2.75) is 19.6 Å². The van der Waals surface area contributed by atoms with Crippen molar-refractivity contribution in [3.63, 3.8) is 0 Å². The lowest BCUT2D eigenvalue weighted by Crippen LogP contribution is -2.23. The smallest absolute Gasteiger partial charge is 0.337 e. The molecule has 1 heterocycles. The molecule has 0 saturated carbocycles. The summed E-state index contributed by atoms with van der Waals surface area (Å²) in [6.45, 7) is 2.06. The van der Waals surface area contributed by atoms with Crippen LogP contribution >= 0.6 is 0 Å². The van der Waals surface area contributed by atoms with E-state index in [1.54, 1.807) is 60.7 Å². The molecule has 1 unspecified atom stereocenters. The first-order valence-electron chi connectivity index (χ1n) is 11.6. The second-order valence-electron chi connectivity index (χ2n) is 8.48. The molecular weight excluding hydrogens is 508 g/mol. The summed E-state index contributed by atoms with van der Waals surface area (Å²) in [5, 5.41) is 4.52. The van der Waals surface area contributed by atoms with Crippen molar-refractivity contribution in [2.24, 2.45) is 0 Å². The van der Waals surface area contributed by atoms with Crippen LogP contribution in [0.1, 0.15) is 38.7 Å². The summed E-state index contributed by atoms with van der Waals surface area (Å²) in [6.07, 6.45) is -0.946. The van der Waals surface area contributed by atoms with Gasteiger partial charge in [-0.2, -0.15) is 5.10 Å². The van der Waals surface area contributed by atoms with Gasteiger partial charge in [0.1, 0.15) is 11.9 Å². The van der Waals surface area contributed by atoms with Gasteiger partial charge in [-0.25, -0.2) is 17.9 Å². The molecule has 10 heteroatoms. The molecular formula is C28H26N2O7S. The molecule has 0 aliphatic carbocycles. The maximum absolute atomic E-state index is 12.6. The van der Waals surface area contributed by atoms with Gasteiger partial charge in [0.2, 0.25) is 0 Å². The van der Waals surface area contributed by atoms with Crippen LogP contribution in [0, 0.1) is 6.92 Å². The summed E-state index contributed by atoms with van der Waals surface area (Å²) in [7, 11) is -0.380. The lowest BCUT2D eigenvalue weighted by Gasteiger charge is -2.19. The second kappa shape index (κ2) is 11.8. The van der Waals surface area contributed by atoms with E-state index in [4.69, 9.17) is 13.7 Å². The molecule has 0 spiro atoms. The van der Waals surface area contributed by atoms with Crippen LogP contribution in [0.25, 0.3) is 11.3 Å². The van der Waals surface area contributed by atoms with Gasteiger partial charge in [0.25, 0.3) is 16.5 Å². The molecule has 0 radical (unpaired) electrons. The molecule has 196 valence electrons. The molecule has 3 aromatic carbocycles. The fourth-order valence-corrected chi connectivity index (χ4v) is 4.43. The third-order valence-corrected chi connectivity index (χ3v) is 6.31. The molecule has 0 saturated heterocycles. The van der Waals surface area contributed by atoms with Crippen molar-refractivity contribution >= 4 is 17.0 Å². The number of carbonyl (C=O) groups excluding carboxylic acids is 1. The Morgan fingerprint density at radius 3 is 2.42 bits per heavy atom. The lowest BCUT2D eigenvalue weighted by atomic mass is 9.97. The molecule has 9 nitrogen and oxygen atoms in total. The first-order valence-corrected chi connectivity index (χ1v) is 12.7. The number of methoxy groups -OCH3 is 2. The zero-order valence-corrected chi connectivity index (χ0v) is 21.9. The molecule has 0 fully saturated rings. The topological polar surface area (TPSA) is 114 Å². The van der Waals surface area contributed by atoms with Crippen molar-refractivity contribution in [3.05, 3.63) is 117 Å². The summed E-state index contributed by atoms with van der Waals surface area (Å²) in [5.41, 5.74) is 3.98. The third kappa shape index (κ3) is 6.16. The number of rotatable bonds is 9. The molecule has 0 amide bonds. The van der Waals surface area contributed by atoms with E-state index >= 15 is 0 Å². The van der Waals surface area contributed by atoms with Gasteiger partial charge in [-0.3, -0.25) is 8.98 Å². The number of hydrogen-bond acceptors (Lipinski definition) is 8. The monoisotopic (exact) mass is 534 g/mol. The van der Waals surface area contributed by atoms with Gasteiger partial charge in [-0.15, -0.1) is 0 Å². The average molecular weight is 535 g/mol. The van der Waals surface area contributed by atoms with Crippen molar-refractivity contribution in [3.8, 4) is 17.0 Å². The molecule has 38 heavy (non-hydrogen) atoms. The van der Waals surface area contributed by atoms with E-state index in [0.29, 0.717) is 39.3 Å². The number of esters is 1. The predicted molar refractivity (Wildman–Crippen MR) is 142 cm³/mol. The van der Waals surface area contributed by atoms with E-state index in [0.717, 1.165) is 5.56 Å². The average Bonchev–Trinajstić information content (AvgIpc) is 2.92. The predicted octanol–water partition coefficient (Wildman–Crippen LogP) is 3.69. The Labute approximate surface area is 221 Å². The maximum Gasteiger partial charge on any atom is 0.337 e. The highest BCUT2D eigenvalue weighted by Gasteiger charge is 2.22. The van der Waals surface area contributed by atoms with Gasteiger partial charge in [-0.1, -0.05) is 42.0 Å². The number of ether oxygens (including phenoxy) is 2. The van der Waals surface area contributed by atoms with Gasteiger partial charge in [-0.05, 0) is 54.4 Å². The highest BCUT2D eigenvalue weighted by Crippen LogP contribution is 2.36. The summed E-state index contributed by atoms with van der Waals surface area (Å²) in [4.78, 5) is 24.5. The maximum atomic E-state index is 12.6. The molecule has 0 aliphatic heterocycles. The van der Waals surface area contributed by atoms with Crippen molar-refractivity contribution in [1.29, 1.82) is 0 Å². The highest BCUT2D eigenvalue weighted by atomic mass is 32.2. The van der Waals surface area contributed by atoms with Gasteiger partial charge in [0.05, 0.1) is 32.0 Å². The quantitative estimate of drug-likeness (QED) is 0.256. The minimum absolute atomic E-state index is 0.131. The fourth-order valence-electron chi connectivity index (χ4n) is 4.03. The Morgan fingerprint density at radius 1 is 0.974 bits per heavy atom. The molecule has 0 bridgehead atoms. The van der Waals surface area contributed by atoms with E-state index in [1.807, 2.05) is 19.1 Å². The largest absolute Gasteiger partial charge is 0.496 e. The SMILES string of the molecule is COC(=O)c1cccc(Cn2nc(-c3ccc(OC)c(C(O[SH](=O)=O)c4ccc(C)cc4)c3)ccc2=O)c1. The van der Waals surface area contributed by atoms with Gasteiger partial charge < -0.3 is 9.47 Å². The first kappa shape index (κ1) is 26.8. The Morgan fingerprint density at radius 2 is 1.74 bits per heavy atom. The van der Waals surface area contributed by atoms with Gasteiger partial charge >= 0.3 is 5.97 Å². The molecule has 4 aromatic rings. The standard InChI is InChI=1S/C28H26N2O7S/c1-18-7-9-20(10-8-18)27(37-38(33)34)23-16-21(11-13-25(23)35-2)24-12-14-26(31)30(29-24)17-19-5-4-6-22(15-19)28(32)36-3/h4-16,27,38H,17H2,1-3H3. The summed E-state index contributed by atoms with van der Waals surface area (Å²) >= 11 is 0. The Bertz CT molecular complexity index is 1590. The first-order chi connectivity index (χ1) is 18.3. The van der Waals surface area contributed by atoms with Gasteiger partial charge in [0.15, 0.2) is 0 Å². The molecule has 0 N–H and O–H groups in total. The number of nitrogens with zero attached hydrogens (tertiary/aromatic N) is 2. The molecule has 0 aliphatic rings. The Kier molecular flexibility index (Phi) is 8.35. The number of aromatic nitrogens is 2. The van der Waals surface area contributed by atoms with Crippen LogP contribution in [-0.2, 0) is 26.4 Å². The van der Waals surface area contributed by atoms with Crippen LogP contribution in [0.3, 0.4) is 0 Å². The van der Waals surface area contributed by atoms with Crippen LogP contribution in [0.4, 0.5) is 0 Å². The highest BCUT2D eigenvalue weighted by molar-refractivity contribution is 7.67. The summed E-state index contributed by atoms with van der Waals surface area (Å²) < 4.78 is 40.1. The van der Waals surface area contributed by atoms with Crippen LogP contribution in [0.15, 0.2) is 83.7 Å². The summed E-state index contributed by atoms with van der Waals surface area (Å²) in [5.74, 6) is -0.0408. The Balaban J connectivity index is 1.75. The number of aryl methyl sites for hydroxylation is 1. The lowest BCUT2D eigenvalue weighted by molar-refractivity contribution is 0.0600. The van der Waals surface area contributed by atoms with Crippen molar-refractivity contribution < 1.29 is 26.9 Å². The number of thiol groups is 1. The van der Waals surface area contributed by atoms with E-state index < -0.39 is 23.1 Å². The molecule has 1 atom stereocenters. The van der Waals surface area contributed by atoms with Gasteiger partial charge in [0, 0.05) is 17.2 Å². The molecule has 1 aromatic heterocycles. The minimum atomic E-state index is -3.17. The number of carbonyl (C=O) groups is 1. The number of benzene rings is 3. The van der Waals surface area contributed by atoms with Crippen LogP contribution in [0.5, 0.6) is 5.75 Å². The van der Waals surface area contributed by atoms with E-state index in [9.17, 15) is 18.0 Å². The third-order valence-electron chi connectivity index (χ3n) is 5.93. The minimum Gasteiger partial charge on any atom is -0.496 e. The van der Waals surface area contributed by atoms with Crippen molar-refractivity contribution in [1.82, 2.24) is 9.78 Å². The fraction of sp³-hybridized carbons (Fsp3) is 0.179. The Hall–Kier alpha value is -4.28. The molecule has 4 rings (SSSR count). The zero-order chi connectivity index (χ0) is 27.2. The van der Waals surface area contributed by atoms with Crippen LogP contribution in [-0.4, -0.2) is 38.4 Å². The number of hydrogen-bond donors (Lipinski definition) is 1. The van der Waals surface area contributed by atoms with Crippen molar-refractivity contribution in [2.75, 3.05) is 14.2 Å². The second-order valence-corrected chi connectivity index (χ2v) is 9.14. The van der Waals surface area contributed by atoms with Crippen LogP contribution in [0.2, 0.25) is 0 Å². The summed E-state index contributed by atoms with van der Waals surface area (Å²) in [6, 6.07) is 22.3. The zero-order valence-electron chi connectivity index (χ0n) is 21.0.